The first-order valence-corrected chi connectivity index (χ1v) is 13.9. The topological polar surface area (TPSA) is 73.6 Å². The Balaban J connectivity index is 1.21. The van der Waals surface area contributed by atoms with Gasteiger partial charge in [-0.05, 0) is 72.0 Å². The number of hydrogen-bond acceptors (Lipinski definition) is 4. The van der Waals surface area contributed by atoms with Crippen LogP contribution in [0.3, 0.4) is 0 Å². The Morgan fingerprint density at radius 3 is 2.66 bits per heavy atom. The highest BCUT2D eigenvalue weighted by Crippen LogP contribution is 2.27. The van der Waals surface area contributed by atoms with Crippen molar-refractivity contribution in [3.8, 4) is 16.9 Å². The normalized spacial score (nSPS) is 14.9. The SMILES string of the molecule is O=C(O)c1ccc2nc(Cc3ccc(-c4cccc(OCc5ccc(Cl)cc5F)c4)cc3)n(CC3CCCO3)c2c1. The number of carbonyl (C=O) groups is 1. The van der Waals surface area contributed by atoms with Crippen LogP contribution >= 0.6 is 11.6 Å². The van der Waals surface area contributed by atoms with E-state index in [1.807, 2.05) is 24.3 Å². The summed E-state index contributed by atoms with van der Waals surface area (Å²) in [5, 5.41) is 9.87. The highest BCUT2D eigenvalue weighted by atomic mass is 35.5. The molecule has 0 amide bonds. The van der Waals surface area contributed by atoms with Crippen LogP contribution in [0.15, 0.2) is 84.9 Å². The van der Waals surface area contributed by atoms with Crippen LogP contribution in [-0.2, 0) is 24.3 Å². The van der Waals surface area contributed by atoms with Gasteiger partial charge >= 0.3 is 5.97 Å². The van der Waals surface area contributed by atoms with E-state index in [9.17, 15) is 14.3 Å². The van der Waals surface area contributed by atoms with Gasteiger partial charge in [0.1, 0.15) is 24.0 Å². The van der Waals surface area contributed by atoms with Gasteiger partial charge in [0.05, 0.1) is 29.2 Å². The highest BCUT2D eigenvalue weighted by Gasteiger charge is 2.21. The van der Waals surface area contributed by atoms with Crippen molar-refractivity contribution in [3.63, 3.8) is 0 Å². The number of carboxylic acids is 1. The van der Waals surface area contributed by atoms with Crippen molar-refractivity contribution in [1.29, 1.82) is 0 Å². The Labute approximate surface area is 241 Å². The molecule has 1 unspecified atom stereocenters. The van der Waals surface area contributed by atoms with Gasteiger partial charge in [0.2, 0.25) is 0 Å². The summed E-state index contributed by atoms with van der Waals surface area (Å²) in [6.45, 7) is 1.49. The maximum Gasteiger partial charge on any atom is 0.335 e. The largest absolute Gasteiger partial charge is 0.489 e. The van der Waals surface area contributed by atoms with E-state index in [2.05, 4.69) is 28.8 Å². The Kier molecular flexibility index (Phi) is 7.72. The average molecular weight is 571 g/mol. The molecule has 5 aromatic rings. The first-order valence-electron chi connectivity index (χ1n) is 13.5. The van der Waals surface area contributed by atoms with Gasteiger partial charge in [-0.2, -0.15) is 0 Å². The fourth-order valence-electron chi connectivity index (χ4n) is 5.20. The maximum atomic E-state index is 14.1. The van der Waals surface area contributed by atoms with E-state index in [4.69, 9.17) is 26.1 Å². The molecule has 208 valence electrons. The van der Waals surface area contributed by atoms with Crippen molar-refractivity contribution in [1.82, 2.24) is 9.55 Å². The molecule has 1 atom stereocenters. The molecule has 8 heteroatoms. The van der Waals surface area contributed by atoms with Crippen LogP contribution < -0.4 is 4.74 Å². The van der Waals surface area contributed by atoms with E-state index in [0.29, 0.717) is 29.3 Å². The molecule has 41 heavy (non-hydrogen) atoms. The summed E-state index contributed by atoms with van der Waals surface area (Å²) in [5.74, 6) is 0.163. The van der Waals surface area contributed by atoms with Crippen molar-refractivity contribution in [2.45, 2.75) is 38.5 Å². The predicted molar refractivity (Wildman–Crippen MR) is 156 cm³/mol. The van der Waals surface area contributed by atoms with Crippen LogP contribution in [0.1, 0.15) is 40.2 Å². The summed E-state index contributed by atoms with van der Waals surface area (Å²) in [6, 6.07) is 25.6. The molecule has 2 heterocycles. The van der Waals surface area contributed by atoms with Crippen molar-refractivity contribution in [2.75, 3.05) is 6.61 Å². The summed E-state index contributed by atoms with van der Waals surface area (Å²) in [7, 11) is 0. The van der Waals surface area contributed by atoms with E-state index in [0.717, 1.165) is 53.0 Å². The maximum absolute atomic E-state index is 14.1. The Morgan fingerprint density at radius 1 is 1.05 bits per heavy atom. The molecule has 1 aliphatic rings. The molecule has 0 aliphatic carbocycles. The second-order valence-corrected chi connectivity index (χ2v) is 10.6. The lowest BCUT2D eigenvalue weighted by atomic mass is 10.0. The minimum Gasteiger partial charge on any atom is -0.489 e. The zero-order valence-electron chi connectivity index (χ0n) is 22.2. The molecule has 1 N–H and O–H groups in total. The quantitative estimate of drug-likeness (QED) is 0.198. The molecule has 6 nitrogen and oxygen atoms in total. The lowest BCUT2D eigenvalue weighted by Gasteiger charge is -2.15. The number of aromatic nitrogens is 2. The number of rotatable bonds is 9. The van der Waals surface area contributed by atoms with Crippen LogP contribution in [-0.4, -0.2) is 33.3 Å². The zero-order chi connectivity index (χ0) is 28.3. The lowest BCUT2D eigenvalue weighted by molar-refractivity contribution is 0.0697. The van der Waals surface area contributed by atoms with Gasteiger partial charge in [0.15, 0.2) is 0 Å². The van der Waals surface area contributed by atoms with Crippen LogP contribution in [0.2, 0.25) is 5.02 Å². The molecule has 1 saturated heterocycles. The van der Waals surface area contributed by atoms with Gasteiger partial charge in [-0.3, -0.25) is 0 Å². The highest BCUT2D eigenvalue weighted by molar-refractivity contribution is 6.30. The van der Waals surface area contributed by atoms with Gasteiger partial charge < -0.3 is 19.1 Å². The molecular formula is C33H28ClFN2O4. The van der Waals surface area contributed by atoms with E-state index in [1.54, 1.807) is 30.3 Å². The van der Waals surface area contributed by atoms with E-state index < -0.39 is 11.8 Å². The van der Waals surface area contributed by atoms with Crippen LogP contribution in [0, 0.1) is 5.82 Å². The molecule has 1 aromatic heterocycles. The fraction of sp³-hybridized carbons (Fsp3) is 0.212. The van der Waals surface area contributed by atoms with Crippen molar-refractivity contribution < 1.29 is 23.8 Å². The number of nitrogens with zero attached hydrogens (tertiary/aromatic N) is 2. The molecule has 0 spiro atoms. The standard InChI is InChI=1S/C33H28ClFN2O4/c34-26-12-10-25(29(35)18-26)20-41-27-4-1-3-23(16-27)22-8-6-21(7-9-22)15-32-36-30-13-11-24(33(38)39)17-31(30)37(32)19-28-5-2-14-40-28/h1,3-4,6-13,16-18,28H,2,5,14-15,19-20H2,(H,38,39). The van der Waals surface area contributed by atoms with Crippen molar-refractivity contribution in [2.24, 2.45) is 0 Å². The Hall–Kier alpha value is -4.20. The second kappa shape index (κ2) is 11.7. The summed E-state index contributed by atoms with van der Waals surface area (Å²) in [4.78, 5) is 16.5. The molecule has 1 fully saturated rings. The third kappa shape index (κ3) is 6.11. The van der Waals surface area contributed by atoms with Crippen LogP contribution in [0.25, 0.3) is 22.2 Å². The van der Waals surface area contributed by atoms with Crippen molar-refractivity contribution in [3.05, 3.63) is 118 Å². The van der Waals surface area contributed by atoms with Gasteiger partial charge in [0.25, 0.3) is 0 Å². The molecular weight excluding hydrogens is 543 g/mol. The van der Waals surface area contributed by atoms with Crippen LogP contribution in [0.5, 0.6) is 5.75 Å². The summed E-state index contributed by atoms with van der Waals surface area (Å²) in [6.07, 6.45) is 2.69. The van der Waals surface area contributed by atoms with Gasteiger partial charge in [-0.15, -0.1) is 0 Å². The predicted octanol–water partition coefficient (Wildman–Crippen LogP) is 7.54. The molecule has 6 rings (SSSR count). The van der Waals surface area contributed by atoms with Crippen molar-refractivity contribution >= 4 is 28.6 Å². The second-order valence-electron chi connectivity index (χ2n) is 10.2. The average Bonchev–Trinajstić information content (AvgIpc) is 3.61. The van der Waals surface area contributed by atoms with Gasteiger partial charge in [0, 0.05) is 23.6 Å². The van der Waals surface area contributed by atoms with E-state index in [1.165, 1.54) is 6.07 Å². The van der Waals surface area contributed by atoms with E-state index in [-0.39, 0.29) is 18.3 Å². The molecule has 0 saturated carbocycles. The number of hydrogen-bond donors (Lipinski definition) is 1. The third-order valence-electron chi connectivity index (χ3n) is 7.38. The van der Waals surface area contributed by atoms with E-state index >= 15 is 0 Å². The Morgan fingerprint density at radius 2 is 1.90 bits per heavy atom. The third-order valence-corrected chi connectivity index (χ3v) is 7.61. The minimum absolute atomic E-state index is 0.0905. The number of fused-ring (bicyclic) bond motifs is 1. The lowest BCUT2D eigenvalue weighted by Crippen LogP contribution is -2.17. The Bertz CT molecular complexity index is 1710. The number of carboxylic acid groups (broad SMARTS) is 1. The minimum atomic E-state index is -0.958. The summed E-state index contributed by atoms with van der Waals surface area (Å²) >= 11 is 5.85. The van der Waals surface area contributed by atoms with Gasteiger partial charge in [-0.1, -0.05) is 54.1 Å². The zero-order valence-corrected chi connectivity index (χ0v) is 23.0. The first kappa shape index (κ1) is 27.0. The summed E-state index contributed by atoms with van der Waals surface area (Å²) in [5.41, 5.74) is 5.35. The fourth-order valence-corrected chi connectivity index (χ4v) is 5.36. The number of benzene rings is 4. The molecule has 0 bridgehead atoms. The smallest absolute Gasteiger partial charge is 0.335 e. The number of ether oxygens (including phenoxy) is 2. The van der Waals surface area contributed by atoms with Crippen LogP contribution in [0.4, 0.5) is 4.39 Å². The number of halogens is 2. The summed E-state index contributed by atoms with van der Waals surface area (Å²) < 4.78 is 28.0. The van der Waals surface area contributed by atoms with Gasteiger partial charge in [-0.25, -0.2) is 14.2 Å². The molecule has 0 radical (unpaired) electrons. The number of aromatic carboxylic acids is 1. The molecule has 4 aromatic carbocycles. The number of imidazole rings is 1. The first-order chi connectivity index (χ1) is 19.9. The monoisotopic (exact) mass is 570 g/mol. The molecule has 1 aliphatic heterocycles.